The number of alkyl halides is 3. The average molecular weight is 249 g/mol. The molecule has 3 nitrogen and oxygen atoms in total. The Morgan fingerprint density at radius 1 is 1.21 bits per heavy atom. The van der Waals surface area contributed by atoms with Gasteiger partial charge in [-0.05, 0) is 0 Å². The molecule has 0 saturated carbocycles. The van der Waals surface area contributed by atoms with E-state index in [9.17, 15) is 21.6 Å². The number of sulfonamides is 1. The molecule has 1 N–H and O–H groups in total. The van der Waals surface area contributed by atoms with Gasteiger partial charge >= 0.3 is 6.18 Å². The van der Waals surface area contributed by atoms with E-state index in [1.165, 1.54) is 0 Å². The Bertz CT molecular complexity index is 280. The maximum Gasteiger partial charge on any atom is 0.390 e. The van der Waals surface area contributed by atoms with Gasteiger partial charge in [0.25, 0.3) is 0 Å². The van der Waals surface area contributed by atoms with E-state index >= 15 is 0 Å². The molecule has 0 aliphatic carbocycles. The van der Waals surface area contributed by atoms with E-state index in [-0.39, 0.29) is 0 Å². The van der Waals surface area contributed by atoms with E-state index in [0.29, 0.717) is 0 Å². The van der Waals surface area contributed by atoms with Crippen LogP contribution in [0.25, 0.3) is 0 Å². The molecule has 0 rings (SSSR count). The zero-order chi connectivity index (χ0) is 11.6. The predicted molar refractivity (Wildman–Crippen MR) is 50.9 cm³/mol. The lowest BCUT2D eigenvalue weighted by atomic mass is 10.5. The van der Waals surface area contributed by atoms with Crippen LogP contribution in [0.4, 0.5) is 13.2 Å². The molecule has 0 aromatic carbocycles. The van der Waals surface area contributed by atoms with E-state index in [0.717, 1.165) is 0 Å². The van der Waals surface area contributed by atoms with Crippen molar-refractivity contribution in [3.8, 4) is 0 Å². The lowest BCUT2D eigenvalue weighted by molar-refractivity contribution is -0.129. The van der Waals surface area contributed by atoms with Gasteiger partial charge in [-0.2, -0.15) is 13.2 Å². The van der Waals surface area contributed by atoms with Gasteiger partial charge in [0, 0.05) is 0 Å². The third kappa shape index (κ3) is 8.51. The molecule has 0 bridgehead atoms. The highest BCUT2D eigenvalue weighted by Gasteiger charge is 2.31. The van der Waals surface area contributed by atoms with Crippen LogP contribution in [-0.2, 0) is 10.0 Å². The minimum absolute atomic E-state index is 0.888. The summed E-state index contributed by atoms with van der Waals surface area (Å²) in [6.45, 7) is 5.12. The van der Waals surface area contributed by atoms with Crippen molar-refractivity contribution < 1.29 is 21.6 Å². The number of hydrogen-bond acceptors (Lipinski definition) is 2. The molecule has 0 aliphatic rings. The topological polar surface area (TPSA) is 46.2 Å². The SMILES string of the molecule is C[Si](C)(C)NS(=O)(=O)CCC(F)(F)F. The summed E-state index contributed by atoms with van der Waals surface area (Å²) in [5.74, 6) is -0.888. The van der Waals surface area contributed by atoms with Crippen LogP contribution >= 0.6 is 0 Å². The highest BCUT2D eigenvalue weighted by molar-refractivity contribution is 7.90. The molecule has 0 amide bonds. The first-order valence-electron chi connectivity index (χ1n) is 4.00. The van der Waals surface area contributed by atoms with Crippen LogP contribution in [0.1, 0.15) is 6.42 Å². The standard InChI is InChI=1S/C6H14F3NO2SSi/c1-14(2,3)10-13(11,12)5-4-6(7,8)9/h10H,4-5H2,1-3H3. The van der Waals surface area contributed by atoms with Gasteiger partial charge in [-0.1, -0.05) is 19.6 Å². The Balaban J connectivity index is 4.25. The van der Waals surface area contributed by atoms with Crippen molar-refractivity contribution in [3.05, 3.63) is 0 Å². The molecular formula is C6H14F3NO2SSi. The second kappa shape index (κ2) is 4.19. The van der Waals surface area contributed by atoms with Gasteiger partial charge < -0.3 is 0 Å². The first-order chi connectivity index (χ1) is 5.91. The number of halogens is 3. The Morgan fingerprint density at radius 2 is 1.64 bits per heavy atom. The Kier molecular flexibility index (Phi) is 4.17. The minimum Gasteiger partial charge on any atom is -0.238 e. The summed E-state index contributed by atoms with van der Waals surface area (Å²) < 4.78 is 59.7. The summed E-state index contributed by atoms with van der Waals surface area (Å²) >= 11 is 0. The quantitative estimate of drug-likeness (QED) is 0.771. The molecule has 0 aromatic heterocycles. The van der Waals surface area contributed by atoms with Crippen molar-refractivity contribution in [1.29, 1.82) is 0 Å². The monoisotopic (exact) mass is 249 g/mol. The fourth-order valence-corrected chi connectivity index (χ4v) is 5.41. The number of hydrogen-bond donors (Lipinski definition) is 1. The molecule has 0 heterocycles. The first-order valence-corrected chi connectivity index (χ1v) is 9.15. The molecular weight excluding hydrogens is 235 g/mol. The van der Waals surface area contributed by atoms with Crippen molar-refractivity contribution in [2.24, 2.45) is 0 Å². The second-order valence-electron chi connectivity index (χ2n) is 4.04. The van der Waals surface area contributed by atoms with Gasteiger partial charge in [0.1, 0.15) is 8.24 Å². The fraction of sp³-hybridized carbons (Fsp3) is 1.00. The van der Waals surface area contributed by atoms with Crippen molar-refractivity contribution in [2.45, 2.75) is 32.2 Å². The normalized spacial score (nSPS) is 14.4. The van der Waals surface area contributed by atoms with Crippen LogP contribution in [0.15, 0.2) is 0 Å². The van der Waals surface area contributed by atoms with Crippen LogP contribution < -0.4 is 4.39 Å². The number of rotatable bonds is 4. The summed E-state index contributed by atoms with van der Waals surface area (Å²) in [6.07, 6.45) is -5.72. The Labute approximate surface area is 82.8 Å². The van der Waals surface area contributed by atoms with Crippen LogP contribution in [0, 0.1) is 0 Å². The minimum atomic E-state index is -4.42. The van der Waals surface area contributed by atoms with Crippen LogP contribution in [0.5, 0.6) is 0 Å². The summed E-state index contributed by atoms with van der Waals surface area (Å²) in [7, 11) is -5.88. The first kappa shape index (κ1) is 13.9. The smallest absolute Gasteiger partial charge is 0.238 e. The molecule has 0 atom stereocenters. The Hall–Kier alpha value is -0.0831. The van der Waals surface area contributed by atoms with E-state index in [1.807, 2.05) is 0 Å². The summed E-state index contributed by atoms with van der Waals surface area (Å²) in [5.41, 5.74) is 0. The van der Waals surface area contributed by atoms with E-state index in [1.54, 1.807) is 19.6 Å². The lowest BCUT2D eigenvalue weighted by Gasteiger charge is -2.18. The summed E-state index contributed by atoms with van der Waals surface area (Å²) in [6, 6.07) is 0. The second-order valence-corrected chi connectivity index (χ2v) is 11.0. The molecule has 0 fully saturated rings. The summed E-state index contributed by atoms with van der Waals surface area (Å²) in [5, 5.41) is 0. The van der Waals surface area contributed by atoms with Crippen LogP contribution in [-0.4, -0.2) is 28.6 Å². The molecule has 0 radical (unpaired) electrons. The van der Waals surface area contributed by atoms with Crippen molar-refractivity contribution >= 4 is 18.3 Å². The van der Waals surface area contributed by atoms with Crippen molar-refractivity contribution in [1.82, 2.24) is 4.39 Å². The molecule has 0 aliphatic heterocycles. The third-order valence-electron chi connectivity index (χ3n) is 1.12. The van der Waals surface area contributed by atoms with Gasteiger partial charge in [-0.25, -0.2) is 12.8 Å². The third-order valence-corrected chi connectivity index (χ3v) is 5.55. The maximum absolute atomic E-state index is 11.7. The van der Waals surface area contributed by atoms with E-state index in [4.69, 9.17) is 0 Å². The van der Waals surface area contributed by atoms with Gasteiger partial charge in [0.15, 0.2) is 0 Å². The molecule has 0 spiro atoms. The summed E-state index contributed by atoms with van der Waals surface area (Å²) in [4.78, 5) is 0. The van der Waals surface area contributed by atoms with Crippen LogP contribution in [0.2, 0.25) is 19.6 Å². The highest BCUT2D eigenvalue weighted by Crippen LogP contribution is 2.20. The largest absolute Gasteiger partial charge is 0.390 e. The maximum atomic E-state index is 11.7. The molecule has 86 valence electrons. The average Bonchev–Trinajstić information content (AvgIpc) is 1.76. The molecule has 8 heteroatoms. The zero-order valence-corrected chi connectivity index (χ0v) is 10.1. The molecule has 0 aromatic rings. The Morgan fingerprint density at radius 3 is 1.93 bits per heavy atom. The van der Waals surface area contributed by atoms with Gasteiger partial charge in [0.05, 0.1) is 12.2 Å². The lowest BCUT2D eigenvalue weighted by Crippen LogP contribution is -2.46. The van der Waals surface area contributed by atoms with E-state index < -0.39 is 36.6 Å². The van der Waals surface area contributed by atoms with E-state index in [2.05, 4.69) is 4.39 Å². The van der Waals surface area contributed by atoms with Gasteiger partial charge in [0.2, 0.25) is 10.0 Å². The molecule has 14 heavy (non-hydrogen) atoms. The number of nitrogens with one attached hydrogen (secondary N) is 1. The predicted octanol–water partition coefficient (Wildman–Crippen LogP) is 1.69. The zero-order valence-electron chi connectivity index (χ0n) is 8.27. The van der Waals surface area contributed by atoms with Crippen molar-refractivity contribution in [2.75, 3.05) is 5.75 Å². The molecule has 0 saturated heterocycles. The van der Waals surface area contributed by atoms with Gasteiger partial charge in [-0.15, -0.1) is 0 Å². The van der Waals surface area contributed by atoms with Crippen molar-refractivity contribution in [3.63, 3.8) is 0 Å². The van der Waals surface area contributed by atoms with Gasteiger partial charge in [-0.3, -0.25) is 0 Å². The molecule has 0 unspecified atom stereocenters. The highest BCUT2D eigenvalue weighted by atomic mass is 32.2. The fourth-order valence-electron chi connectivity index (χ4n) is 0.768. The van der Waals surface area contributed by atoms with Crippen LogP contribution in [0.3, 0.4) is 0 Å².